The summed E-state index contributed by atoms with van der Waals surface area (Å²) in [4.78, 5) is 25.5. The molecule has 2 aromatic rings. The minimum Gasteiger partial charge on any atom is -0.336 e. The van der Waals surface area contributed by atoms with Crippen LogP contribution < -0.4 is 5.32 Å². The van der Waals surface area contributed by atoms with Crippen LogP contribution in [0.4, 0.5) is 10.1 Å². The fraction of sp³-hybridized carbons (Fsp3) is 0.176. The highest BCUT2D eigenvalue weighted by atomic mass is 79.9. The predicted octanol–water partition coefficient (Wildman–Crippen LogP) is 3.88. The molecular formula is C17H15BrClFN2O2. The Morgan fingerprint density at radius 1 is 1.25 bits per heavy atom. The Kier molecular flexibility index (Phi) is 6.34. The molecule has 0 saturated heterocycles. The van der Waals surface area contributed by atoms with Crippen LogP contribution in [0.5, 0.6) is 0 Å². The van der Waals surface area contributed by atoms with E-state index in [1.807, 2.05) is 0 Å². The van der Waals surface area contributed by atoms with E-state index in [4.69, 9.17) is 11.6 Å². The average Bonchev–Trinajstić information content (AvgIpc) is 2.50. The Balaban J connectivity index is 1.90. The molecule has 0 aliphatic heterocycles. The number of likely N-dealkylation sites (N-methyl/N-ethyl adjacent to an activating group) is 1. The lowest BCUT2D eigenvalue weighted by Gasteiger charge is -2.17. The van der Waals surface area contributed by atoms with Crippen molar-refractivity contribution in [3.05, 3.63) is 63.3 Å². The van der Waals surface area contributed by atoms with E-state index in [2.05, 4.69) is 21.2 Å². The van der Waals surface area contributed by atoms with Crippen LogP contribution in [0.2, 0.25) is 5.02 Å². The lowest BCUT2D eigenvalue weighted by atomic mass is 10.1. The quantitative estimate of drug-likeness (QED) is 0.809. The first-order valence-electron chi connectivity index (χ1n) is 7.08. The Morgan fingerprint density at radius 2 is 2.00 bits per heavy atom. The molecule has 2 aromatic carbocycles. The molecule has 0 aliphatic carbocycles. The van der Waals surface area contributed by atoms with E-state index >= 15 is 0 Å². The fourth-order valence-corrected chi connectivity index (χ4v) is 2.65. The second kappa shape index (κ2) is 8.26. The number of amides is 2. The minimum absolute atomic E-state index is 0.0832. The Morgan fingerprint density at radius 3 is 2.67 bits per heavy atom. The number of halogens is 3. The zero-order valence-electron chi connectivity index (χ0n) is 12.9. The second-order valence-corrected chi connectivity index (χ2v) is 6.52. The van der Waals surface area contributed by atoms with E-state index in [1.165, 1.54) is 17.0 Å². The van der Waals surface area contributed by atoms with Crippen LogP contribution in [0.1, 0.15) is 5.56 Å². The zero-order chi connectivity index (χ0) is 17.7. The van der Waals surface area contributed by atoms with E-state index in [9.17, 15) is 14.0 Å². The highest BCUT2D eigenvalue weighted by Gasteiger charge is 2.14. The van der Waals surface area contributed by atoms with Gasteiger partial charge in [-0.25, -0.2) is 4.39 Å². The van der Waals surface area contributed by atoms with Gasteiger partial charge in [0.25, 0.3) is 0 Å². The van der Waals surface area contributed by atoms with E-state index in [0.717, 1.165) is 0 Å². The number of benzene rings is 2. The maximum absolute atomic E-state index is 13.2. The van der Waals surface area contributed by atoms with Crippen molar-refractivity contribution in [2.24, 2.45) is 0 Å². The molecule has 24 heavy (non-hydrogen) atoms. The van der Waals surface area contributed by atoms with Gasteiger partial charge >= 0.3 is 0 Å². The van der Waals surface area contributed by atoms with E-state index in [-0.39, 0.29) is 30.6 Å². The van der Waals surface area contributed by atoms with Crippen molar-refractivity contribution in [3.63, 3.8) is 0 Å². The molecule has 0 spiro atoms. The zero-order valence-corrected chi connectivity index (χ0v) is 15.2. The molecule has 2 rings (SSSR count). The van der Waals surface area contributed by atoms with Crippen LogP contribution in [-0.4, -0.2) is 30.3 Å². The molecule has 0 bridgehead atoms. The average molecular weight is 414 g/mol. The van der Waals surface area contributed by atoms with Crippen molar-refractivity contribution in [3.8, 4) is 0 Å². The van der Waals surface area contributed by atoms with Crippen LogP contribution in [0.25, 0.3) is 0 Å². The molecular weight excluding hydrogens is 399 g/mol. The standard InChI is InChI=1S/C17H15BrClFN2O2/c1-22(10-16(23)21-13-4-2-3-12(19)9-13)17(24)8-11-5-6-15(20)14(18)7-11/h2-7,9H,8,10H2,1H3,(H,21,23). The van der Waals surface area contributed by atoms with Crippen LogP contribution >= 0.6 is 27.5 Å². The van der Waals surface area contributed by atoms with Crippen LogP contribution in [0.3, 0.4) is 0 Å². The predicted molar refractivity (Wildman–Crippen MR) is 95.5 cm³/mol. The summed E-state index contributed by atoms with van der Waals surface area (Å²) in [5.74, 6) is -0.955. The number of hydrogen-bond acceptors (Lipinski definition) is 2. The van der Waals surface area contributed by atoms with Gasteiger partial charge in [-0.1, -0.05) is 23.7 Å². The largest absolute Gasteiger partial charge is 0.336 e. The molecule has 0 aromatic heterocycles. The third kappa shape index (κ3) is 5.32. The molecule has 0 radical (unpaired) electrons. The highest BCUT2D eigenvalue weighted by Crippen LogP contribution is 2.18. The van der Waals surface area contributed by atoms with Gasteiger partial charge in [0.1, 0.15) is 5.82 Å². The molecule has 7 heteroatoms. The Hall–Kier alpha value is -1.92. The molecule has 0 saturated carbocycles. The number of hydrogen-bond donors (Lipinski definition) is 1. The Bertz CT molecular complexity index is 770. The third-order valence-electron chi connectivity index (χ3n) is 3.25. The summed E-state index contributed by atoms with van der Waals surface area (Å²) in [5, 5.41) is 3.19. The van der Waals surface area contributed by atoms with Crippen LogP contribution in [0, 0.1) is 5.82 Å². The molecule has 4 nitrogen and oxygen atoms in total. The molecule has 0 atom stereocenters. The van der Waals surface area contributed by atoms with E-state index in [0.29, 0.717) is 20.7 Å². The summed E-state index contributed by atoms with van der Waals surface area (Å²) < 4.78 is 13.5. The van der Waals surface area contributed by atoms with Crippen LogP contribution in [-0.2, 0) is 16.0 Å². The first-order valence-corrected chi connectivity index (χ1v) is 8.25. The molecule has 0 unspecified atom stereocenters. The Labute approximate surface area is 152 Å². The number of anilines is 1. The van der Waals surface area contributed by atoms with Crippen molar-refractivity contribution in [1.82, 2.24) is 4.90 Å². The van der Waals surface area contributed by atoms with Crippen molar-refractivity contribution >= 4 is 45.0 Å². The summed E-state index contributed by atoms with van der Waals surface area (Å²) >= 11 is 8.93. The van der Waals surface area contributed by atoms with E-state index in [1.54, 1.807) is 37.4 Å². The van der Waals surface area contributed by atoms with Crippen molar-refractivity contribution in [2.45, 2.75) is 6.42 Å². The SMILES string of the molecule is CN(CC(=O)Nc1cccc(Cl)c1)C(=O)Cc1ccc(F)c(Br)c1. The van der Waals surface area contributed by atoms with Crippen molar-refractivity contribution in [2.75, 3.05) is 18.9 Å². The lowest BCUT2D eigenvalue weighted by Crippen LogP contribution is -2.35. The number of nitrogens with zero attached hydrogens (tertiary/aromatic N) is 1. The molecule has 0 heterocycles. The molecule has 0 aliphatic rings. The number of nitrogens with one attached hydrogen (secondary N) is 1. The minimum atomic E-state index is -0.388. The normalized spacial score (nSPS) is 10.3. The fourth-order valence-electron chi connectivity index (χ4n) is 2.03. The molecule has 126 valence electrons. The van der Waals surface area contributed by atoms with Gasteiger partial charge in [0.15, 0.2) is 0 Å². The molecule has 2 amide bonds. The first kappa shape index (κ1) is 18.4. The van der Waals surface area contributed by atoms with E-state index < -0.39 is 0 Å². The number of carbonyl (C=O) groups excluding carboxylic acids is 2. The van der Waals surface area contributed by atoms with Crippen LogP contribution in [0.15, 0.2) is 46.9 Å². The third-order valence-corrected chi connectivity index (χ3v) is 4.10. The van der Waals surface area contributed by atoms with Gasteiger partial charge in [-0.05, 0) is 51.8 Å². The van der Waals surface area contributed by atoms with Gasteiger partial charge in [0.05, 0.1) is 17.4 Å². The van der Waals surface area contributed by atoms with Gasteiger partial charge in [-0.2, -0.15) is 0 Å². The summed E-state index contributed by atoms with van der Waals surface area (Å²) in [6, 6.07) is 11.1. The van der Waals surface area contributed by atoms with Gasteiger partial charge in [0.2, 0.25) is 11.8 Å². The van der Waals surface area contributed by atoms with Gasteiger partial charge in [-0.15, -0.1) is 0 Å². The summed E-state index contributed by atoms with van der Waals surface area (Å²) in [6.07, 6.45) is 0.0832. The van der Waals surface area contributed by atoms with Gasteiger partial charge < -0.3 is 10.2 Å². The summed E-state index contributed by atoms with van der Waals surface area (Å²) in [7, 11) is 1.54. The molecule has 0 fully saturated rings. The monoisotopic (exact) mass is 412 g/mol. The maximum Gasteiger partial charge on any atom is 0.243 e. The van der Waals surface area contributed by atoms with Gasteiger partial charge in [0, 0.05) is 17.8 Å². The summed E-state index contributed by atoms with van der Waals surface area (Å²) in [6.45, 7) is -0.0896. The topological polar surface area (TPSA) is 49.4 Å². The smallest absolute Gasteiger partial charge is 0.243 e. The second-order valence-electron chi connectivity index (χ2n) is 5.23. The lowest BCUT2D eigenvalue weighted by molar-refractivity contribution is -0.132. The maximum atomic E-state index is 13.2. The highest BCUT2D eigenvalue weighted by molar-refractivity contribution is 9.10. The van der Waals surface area contributed by atoms with Crippen molar-refractivity contribution < 1.29 is 14.0 Å². The first-order chi connectivity index (χ1) is 11.3. The van der Waals surface area contributed by atoms with Gasteiger partial charge in [-0.3, -0.25) is 9.59 Å². The number of rotatable bonds is 5. The van der Waals surface area contributed by atoms with Crippen molar-refractivity contribution in [1.29, 1.82) is 0 Å². The number of carbonyl (C=O) groups is 2. The summed E-state index contributed by atoms with van der Waals surface area (Å²) in [5.41, 5.74) is 1.23. The molecule has 1 N–H and O–H groups in total.